The van der Waals surface area contributed by atoms with Crippen LogP contribution in [0.4, 0.5) is 22.0 Å². The maximum absolute atomic E-state index is 13.7. The maximum atomic E-state index is 13.7. The first-order valence-electron chi connectivity index (χ1n) is 6.43. The minimum Gasteiger partial charge on any atom is -0.421 e. The monoisotopic (exact) mass is 342 g/mol. The van der Waals surface area contributed by atoms with Gasteiger partial charge in [-0.1, -0.05) is 6.07 Å². The number of alkyl halides is 3. The zero-order chi connectivity index (χ0) is 17.3. The third kappa shape index (κ3) is 3.31. The van der Waals surface area contributed by atoms with Crippen LogP contribution >= 0.6 is 0 Å². The summed E-state index contributed by atoms with van der Waals surface area (Å²) in [7, 11) is 0. The number of nitrogens with zero attached hydrogens (tertiary/aromatic N) is 3. The second kappa shape index (κ2) is 5.87. The standard InChI is InChI=1S/C14H7F5N4O/c15-10-5-4-7(13(16)21-10)8-2-1-3-11(20-8)24-12-6-9(22-23-12)14(17,18)19/h1-6H,(H,22,23). The van der Waals surface area contributed by atoms with Crippen molar-refractivity contribution in [2.75, 3.05) is 0 Å². The average molecular weight is 342 g/mol. The van der Waals surface area contributed by atoms with Crippen molar-refractivity contribution in [3.63, 3.8) is 0 Å². The van der Waals surface area contributed by atoms with Crippen molar-refractivity contribution < 1.29 is 26.7 Å². The molecule has 0 saturated carbocycles. The normalized spacial score (nSPS) is 11.5. The second-order valence-electron chi connectivity index (χ2n) is 4.55. The molecule has 124 valence electrons. The van der Waals surface area contributed by atoms with E-state index in [4.69, 9.17) is 4.74 Å². The lowest BCUT2D eigenvalue weighted by molar-refractivity contribution is -0.141. The van der Waals surface area contributed by atoms with E-state index in [-0.39, 0.29) is 23.0 Å². The van der Waals surface area contributed by atoms with Crippen LogP contribution < -0.4 is 4.74 Å². The molecule has 0 spiro atoms. The summed E-state index contributed by atoms with van der Waals surface area (Å²) in [5.41, 5.74) is -1.15. The summed E-state index contributed by atoms with van der Waals surface area (Å²) in [6.45, 7) is 0. The van der Waals surface area contributed by atoms with E-state index in [1.807, 2.05) is 0 Å². The van der Waals surface area contributed by atoms with E-state index in [1.54, 1.807) is 0 Å². The molecule has 0 aliphatic rings. The molecule has 0 unspecified atom stereocenters. The van der Waals surface area contributed by atoms with Crippen molar-refractivity contribution in [1.82, 2.24) is 20.2 Å². The van der Waals surface area contributed by atoms with Crippen molar-refractivity contribution in [2.45, 2.75) is 6.18 Å². The van der Waals surface area contributed by atoms with Gasteiger partial charge in [-0.05, 0) is 18.2 Å². The number of rotatable bonds is 3. The molecule has 0 amide bonds. The van der Waals surface area contributed by atoms with Crippen molar-refractivity contribution >= 4 is 0 Å². The number of pyridine rings is 2. The molecule has 3 rings (SSSR count). The molecule has 0 radical (unpaired) electrons. The Balaban J connectivity index is 1.87. The SMILES string of the molecule is Fc1ccc(-c2cccc(Oc3cc(C(F)(F)F)n[nH]3)n2)c(F)n1. The average Bonchev–Trinajstić information content (AvgIpc) is 2.96. The highest BCUT2D eigenvalue weighted by molar-refractivity contribution is 5.59. The number of H-pyrrole nitrogens is 1. The summed E-state index contributed by atoms with van der Waals surface area (Å²) in [4.78, 5) is 6.99. The maximum Gasteiger partial charge on any atom is 0.435 e. The quantitative estimate of drug-likeness (QED) is 0.578. The third-order valence-electron chi connectivity index (χ3n) is 2.87. The predicted molar refractivity (Wildman–Crippen MR) is 71.0 cm³/mol. The van der Waals surface area contributed by atoms with Gasteiger partial charge in [0.25, 0.3) is 0 Å². The Morgan fingerprint density at radius 3 is 2.46 bits per heavy atom. The van der Waals surface area contributed by atoms with Gasteiger partial charge in [0.05, 0.1) is 11.3 Å². The molecule has 0 aromatic carbocycles. The lowest BCUT2D eigenvalue weighted by atomic mass is 10.2. The zero-order valence-electron chi connectivity index (χ0n) is 11.6. The van der Waals surface area contributed by atoms with Gasteiger partial charge in [-0.3, -0.25) is 0 Å². The van der Waals surface area contributed by atoms with E-state index in [9.17, 15) is 22.0 Å². The Morgan fingerprint density at radius 2 is 1.79 bits per heavy atom. The van der Waals surface area contributed by atoms with Crippen LogP contribution in [0.2, 0.25) is 0 Å². The molecule has 1 N–H and O–H groups in total. The van der Waals surface area contributed by atoms with Gasteiger partial charge in [-0.25, -0.2) is 10.1 Å². The molecule has 3 aromatic heterocycles. The van der Waals surface area contributed by atoms with Crippen molar-refractivity contribution in [1.29, 1.82) is 0 Å². The predicted octanol–water partition coefficient (Wildman–Crippen LogP) is 3.96. The smallest absolute Gasteiger partial charge is 0.421 e. The lowest BCUT2D eigenvalue weighted by Gasteiger charge is -2.05. The molecule has 3 aromatic rings. The van der Waals surface area contributed by atoms with E-state index in [2.05, 4.69) is 20.2 Å². The second-order valence-corrected chi connectivity index (χ2v) is 4.55. The Hall–Kier alpha value is -3.04. The van der Waals surface area contributed by atoms with E-state index >= 15 is 0 Å². The van der Waals surface area contributed by atoms with Crippen LogP contribution in [0.15, 0.2) is 36.4 Å². The van der Waals surface area contributed by atoms with Crippen LogP contribution in [-0.2, 0) is 6.18 Å². The zero-order valence-corrected chi connectivity index (χ0v) is 11.6. The van der Waals surface area contributed by atoms with Crippen LogP contribution in [0.5, 0.6) is 11.8 Å². The van der Waals surface area contributed by atoms with Gasteiger partial charge in [0.15, 0.2) is 5.69 Å². The van der Waals surface area contributed by atoms with Crippen LogP contribution in [0, 0.1) is 11.9 Å². The first-order valence-corrected chi connectivity index (χ1v) is 6.43. The minimum atomic E-state index is -4.61. The Morgan fingerprint density at radius 1 is 1.00 bits per heavy atom. The van der Waals surface area contributed by atoms with Gasteiger partial charge in [0.2, 0.25) is 23.7 Å². The van der Waals surface area contributed by atoms with Crippen molar-refractivity contribution in [3.05, 3.63) is 54.0 Å². The van der Waals surface area contributed by atoms with Crippen LogP contribution in [0.3, 0.4) is 0 Å². The molecule has 3 heterocycles. The van der Waals surface area contributed by atoms with E-state index in [0.29, 0.717) is 6.07 Å². The summed E-state index contributed by atoms with van der Waals surface area (Å²) in [6.07, 6.45) is -4.61. The molecular formula is C14H7F5N4O. The van der Waals surface area contributed by atoms with E-state index in [1.165, 1.54) is 18.2 Å². The van der Waals surface area contributed by atoms with Gasteiger partial charge in [0.1, 0.15) is 0 Å². The van der Waals surface area contributed by atoms with Gasteiger partial charge in [-0.15, -0.1) is 0 Å². The van der Waals surface area contributed by atoms with Gasteiger partial charge in [-0.2, -0.15) is 32.0 Å². The van der Waals surface area contributed by atoms with Crippen LogP contribution in [0.1, 0.15) is 5.69 Å². The third-order valence-corrected chi connectivity index (χ3v) is 2.87. The minimum absolute atomic E-state index is 0.0769. The van der Waals surface area contributed by atoms with E-state index in [0.717, 1.165) is 12.1 Å². The molecule has 0 saturated heterocycles. The summed E-state index contributed by atoms with van der Waals surface area (Å²) in [5, 5.41) is 5.14. The highest BCUT2D eigenvalue weighted by Gasteiger charge is 2.34. The summed E-state index contributed by atoms with van der Waals surface area (Å²) >= 11 is 0. The highest BCUT2D eigenvalue weighted by atomic mass is 19.4. The number of nitrogens with one attached hydrogen (secondary N) is 1. The topological polar surface area (TPSA) is 63.7 Å². The first-order chi connectivity index (χ1) is 11.3. The van der Waals surface area contributed by atoms with Crippen molar-refractivity contribution in [2.24, 2.45) is 0 Å². The number of hydrogen-bond donors (Lipinski definition) is 1. The number of hydrogen-bond acceptors (Lipinski definition) is 4. The fraction of sp³-hybridized carbons (Fsp3) is 0.0714. The number of ether oxygens (including phenoxy) is 1. The Labute approximate surface area is 131 Å². The summed E-state index contributed by atoms with van der Waals surface area (Å²) < 4.78 is 69.0. The first kappa shape index (κ1) is 15.8. The fourth-order valence-electron chi connectivity index (χ4n) is 1.84. The number of aromatic amines is 1. The fourth-order valence-corrected chi connectivity index (χ4v) is 1.84. The van der Waals surface area contributed by atoms with Gasteiger partial charge < -0.3 is 4.74 Å². The molecule has 0 aliphatic heterocycles. The Bertz CT molecular complexity index is 878. The lowest BCUT2D eigenvalue weighted by Crippen LogP contribution is -2.04. The molecular weight excluding hydrogens is 335 g/mol. The molecule has 24 heavy (non-hydrogen) atoms. The van der Waals surface area contributed by atoms with Crippen molar-refractivity contribution in [3.8, 4) is 23.0 Å². The Kier molecular flexibility index (Phi) is 3.87. The van der Waals surface area contributed by atoms with Gasteiger partial charge >= 0.3 is 6.18 Å². The summed E-state index contributed by atoms with van der Waals surface area (Å²) in [5.74, 6) is -2.44. The molecule has 0 atom stereocenters. The molecule has 10 heteroatoms. The van der Waals surface area contributed by atoms with Crippen LogP contribution in [0.25, 0.3) is 11.3 Å². The number of halogens is 5. The molecule has 0 bridgehead atoms. The number of aromatic nitrogens is 4. The highest BCUT2D eigenvalue weighted by Crippen LogP contribution is 2.31. The molecule has 5 nitrogen and oxygen atoms in total. The summed E-state index contributed by atoms with van der Waals surface area (Å²) in [6, 6.07) is 6.97. The largest absolute Gasteiger partial charge is 0.435 e. The van der Waals surface area contributed by atoms with E-state index < -0.39 is 23.8 Å². The van der Waals surface area contributed by atoms with Crippen LogP contribution in [-0.4, -0.2) is 20.2 Å². The molecule has 0 aliphatic carbocycles. The van der Waals surface area contributed by atoms with Gasteiger partial charge in [0, 0.05) is 12.1 Å². The molecule has 0 fully saturated rings.